The number of anilines is 1. The van der Waals surface area contributed by atoms with Crippen LogP contribution < -0.4 is 29.9 Å². The van der Waals surface area contributed by atoms with Gasteiger partial charge in [0.25, 0.3) is 0 Å². The number of carbonyl (C=O) groups excluding carboxylic acids is 1. The van der Waals surface area contributed by atoms with Gasteiger partial charge < -0.3 is 16.4 Å². The maximum absolute atomic E-state index is 11.4. The van der Waals surface area contributed by atoms with Crippen LogP contribution in [-0.4, -0.2) is 19.0 Å². The van der Waals surface area contributed by atoms with Crippen LogP contribution in [0.3, 0.4) is 0 Å². The van der Waals surface area contributed by atoms with Crippen LogP contribution in [0.1, 0.15) is 10.4 Å². The number of hydrogen-bond acceptors (Lipinski definition) is 2. The molecule has 4 nitrogen and oxygen atoms in total. The number of fused-ring (bicyclic) bond motifs is 1. The molecule has 1 aliphatic heterocycles. The van der Waals surface area contributed by atoms with E-state index in [9.17, 15) is 4.79 Å². The first kappa shape index (κ1) is 11.0. The van der Waals surface area contributed by atoms with Gasteiger partial charge in [-0.15, -0.1) is 12.2 Å². The van der Waals surface area contributed by atoms with Crippen molar-refractivity contribution in [3.63, 3.8) is 0 Å². The van der Waals surface area contributed by atoms with Crippen molar-refractivity contribution in [2.24, 2.45) is 0 Å². The van der Waals surface area contributed by atoms with Crippen molar-refractivity contribution in [3.05, 3.63) is 29.1 Å². The Morgan fingerprint density at radius 1 is 1.43 bits per heavy atom. The number of nitrogen functional groups attached to an aromatic ring is 1. The first-order valence-corrected chi connectivity index (χ1v) is 4.12. The quantitative estimate of drug-likeness (QED) is 0.361. The van der Waals surface area contributed by atoms with Crippen molar-refractivity contribution < 1.29 is 23.7 Å². The molecule has 0 unspecified atom stereocenters. The molecule has 0 saturated carbocycles. The van der Waals surface area contributed by atoms with Crippen molar-refractivity contribution in [1.29, 1.82) is 0 Å². The Morgan fingerprint density at radius 3 is 3.00 bits per heavy atom. The maximum Gasteiger partial charge on any atom is 1.00 e. The van der Waals surface area contributed by atoms with Gasteiger partial charge in [-0.1, -0.05) is 6.07 Å². The van der Waals surface area contributed by atoms with Crippen LogP contribution in [0, 0.1) is 0 Å². The molecule has 5 heteroatoms. The summed E-state index contributed by atoms with van der Waals surface area (Å²) in [5.74, 6) is -0.0939. The fourth-order valence-electron chi connectivity index (χ4n) is 1.31. The molecule has 2 rings (SSSR count). The zero-order valence-corrected chi connectivity index (χ0v) is 8.08. The van der Waals surface area contributed by atoms with Gasteiger partial charge in [-0.25, -0.2) is 0 Å². The Labute approximate surface area is 94.4 Å². The number of nitrogens with zero attached hydrogens (tertiary/aromatic N) is 1. The van der Waals surface area contributed by atoms with Gasteiger partial charge in [0.1, 0.15) is 0 Å². The third kappa shape index (κ3) is 2.03. The summed E-state index contributed by atoms with van der Waals surface area (Å²) in [6.45, 7) is 1.22. The fourth-order valence-corrected chi connectivity index (χ4v) is 1.31. The van der Waals surface area contributed by atoms with E-state index in [1.54, 1.807) is 18.2 Å². The first-order valence-electron chi connectivity index (χ1n) is 4.12. The molecule has 0 aliphatic carbocycles. The standard InChI is InChI=1S/C9H11N3O.Li/c10-6-1-2-8-7(5-6)9(13)12-4-3-11-8;/h1-2,5H,3-4,10H2,(H2,11,12,13);/q;+1/p-1. The van der Waals surface area contributed by atoms with Gasteiger partial charge in [-0.05, 0) is 12.1 Å². The molecule has 3 N–H and O–H groups in total. The van der Waals surface area contributed by atoms with Crippen LogP contribution in [0.25, 0.3) is 5.32 Å². The summed E-state index contributed by atoms with van der Waals surface area (Å²) in [5.41, 5.74) is 7.46. The Kier molecular flexibility index (Phi) is 3.45. The summed E-state index contributed by atoms with van der Waals surface area (Å²) in [6, 6.07) is 5.18. The maximum atomic E-state index is 11.4. The molecule has 1 aromatic rings. The second-order valence-corrected chi connectivity index (χ2v) is 2.91. The Bertz CT molecular complexity index is 354. The van der Waals surface area contributed by atoms with E-state index in [4.69, 9.17) is 5.73 Å². The van der Waals surface area contributed by atoms with E-state index in [0.29, 0.717) is 24.3 Å². The molecule has 0 aromatic heterocycles. The molecular formula is C9H10LiN3O. The molecule has 0 saturated heterocycles. The summed E-state index contributed by atoms with van der Waals surface area (Å²) >= 11 is 0. The smallest absolute Gasteiger partial charge is 0.682 e. The Morgan fingerprint density at radius 2 is 2.21 bits per heavy atom. The van der Waals surface area contributed by atoms with Crippen molar-refractivity contribution >= 4 is 17.3 Å². The van der Waals surface area contributed by atoms with Gasteiger partial charge >= 0.3 is 18.9 Å². The van der Waals surface area contributed by atoms with E-state index in [1.807, 2.05) is 0 Å². The van der Waals surface area contributed by atoms with Crippen LogP contribution in [0.2, 0.25) is 0 Å². The van der Waals surface area contributed by atoms with E-state index >= 15 is 0 Å². The van der Waals surface area contributed by atoms with Gasteiger partial charge in [0.15, 0.2) is 0 Å². The number of nitrogens with two attached hydrogens (primary N) is 1. The van der Waals surface area contributed by atoms with Crippen LogP contribution in [0.5, 0.6) is 0 Å². The SMILES string of the molecule is Nc1ccc2c(c1)C(=O)NCC[N-]2.[Li+]. The summed E-state index contributed by atoms with van der Waals surface area (Å²) in [6.07, 6.45) is 0. The van der Waals surface area contributed by atoms with Crippen molar-refractivity contribution in [1.82, 2.24) is 5.32 Å². The van der Waals surface area contributed by atoms with E-state index < -0.39 is 0 Å². The molecule has 1 amide bonds. The number of nitrogens with one attached hydrogen (secondary N) is 1. The number of hydrogen-bond donors (Lipinski definition) is 2. The second kappa shape index (κ2) is 4.40. The summed E-state index contributed by atoms with van der Waals surface area (Å²) < 4.78 is 0. The van der Waals surface area contributed by atoms with Gasteiger partial charge in [0.2, 0.25) is 5.91 Å². The predicted molar refractivity (Wildman–Crippen MR) is 51.1 cm³/mol. The van der Waals surface area contributed by atoms with Crippen molar-refractivity contribution in [2.75, 3.05) is 18.8 Å². The largest absolute Gasteiger partial charge is 1.00 e. The summed E-state index contributed by atoms with van der Waals surface area (Å²) in [4.78, 5) is 11.4. The van der Waals surface area contributed by atoms with Gasteiger partial charge in [-0.3, -0.25) is 4.79 Å². The molecule has 14 heavy (non-hydrogen) atoms. The molecule has 1 aliphatic rings. The van der Waals surface area contributed by atoms with E-state index in [1.165, 1.54) is 0 Å². The number of benzene rings is 1. The van der Waals surface area contributed by atoms with Gasteiger partial charge in [0, 0.05) is 17.8 Å². The molecule has 0 bridgehead atoms. The summed E-state index contributed by atoms with van der Waals surface area (Å²) in [7, 11) is 0. The zero-order valence-electron chi connectivity index (χ0n) is 8.08. The number of rotatable bonds is 0. The van der Waals surface area contributed by atoms with Crippen molar-refractivity contribution in [2.45, 2.75) is 0 Å². The Balaban J connectivity index is 0.000000980. The second-order valence-electron chi connectivity index (χ2n) is 2.91. The molecule has 0 radical (unpaired) electrons. The molecule has 0 atom stereocenters. The van der Waals surface area contributed by atoms with E-state index in [-0.39, 0.29) is 24.8 Å². The minimum atomic E-state index is -0.0939. The molecule has 0 spiro atoms. The normalized spacial score (nSPS) is 14.1. The number of amides is 1. The van der Waals surface area contributed by atoms with Crippen LogP contribution in [0.4, 0.5) is 11.4 Å². The predicted octanol–water partition coefficient (Wildman–Crippen LogP) is -1.98. The molecule has 1 aromatic carbocycles. The van der Waals surface area contributed by atoms with E-state index in [0.717, 1.165) is 5.69 Å². The zero-order chi connectivity index (χ0) is 9.26. The topological polar surface area (TPSA) is 69.2 Å². The third-order valence-corrected chi connectivity index (χ3v) is 1.94. The van der Waals surface area contributed by atoms with Crippen LogP contribution >= 0.6 is 0 Å². The Hall–Kier alpha value is -1.11. The first-order chi connectivity index (χ1) is 6.27. The fraction of sp³-hybridized carbons (Fsp3) is 0.222. The minimum absolute atomic E-state index is 0. The number of carbonyl (C=O) groups is 1. The van der Waals surface area contributed by atoms with Gasteiger partial charge in [-0.2, -0.15) is 0 Å². The average molecular weight is 183 g/mol. The monoisotopic (exact) mass is 183 g/mol. The molecule has 0 fully saturated rings. The van der Waals surface area contributed by atoms with Crippen molar-refractivity contribution in [3.8, 4) is 0 Å². The minimum Gasteiger partial charge on any atom is -0.682 e. The van der Waals surface area contributed by atoms with Crippen LogP contribution in [-0.2, 0) is 0 Å². The average Bonchev–Trinajstić information content (AvgIpc) is 2.29. The van der Waals surface area contributed by atoms with Crippen LogP contribution in [0.15, 0.2) is 18.2 Å². The van der Waals surface area contributed by atoms with Gasteiger partial charge in [0.05, 0.1) is 0 Å². The van der Waals surface area contributed by atoms with E-state index in [2.05, 4.69) is 10.6 Å². The summed E-state index contributed by atoms with van der Waals surface area (Å²) in [5, 5.41) is 6.98. The molecule has 1 heterocycles. The molecule has 68 valence electrons. The third-order valence-electron chi connectivity index (χ3n) is 1.94. The molecular weight excluding hydrogens is 173 g/mol.